The minimum absolute atomic E-state index is 0.191. The summed E-state index contributed by atoms with van der Waals surface area (Å²) >= 11 is 0. The van der Waals surface area contributed by atoms with E-state index in [1.54, 1.807) is 17.0 Å². The first kappa shape index (κ1) is 23.8. The predicted octanol–water partition coefficient (Wildman–Crippen LogP) is 5.05. The second-order valence-electron chi connectivity index (χ2n) is 11.5. The van der Waals surface area contributed by atoms with Gasteiger partial charge < -0.3 is 14.9 Å². The van der Waals surface area contributed by atoms with Crippen molar-refractivity contribution in [3.05, 3.63) is 100 Å². The Morgan fingerprint density at radius 3 is 2.29 bits per heavy atom. The summed E-state index contributed by atoms with van der Waals surface area (Å²) in [5.41, 5.74) is 2.57. The van der Waals surface area contributed by atoms with Gasteiger partial charge in [-0.05, 0) is 55.0 Å². The fraction of sp³-hybridized carbons (Fsp3) is 0.375. The Labute approximate surface area is 221 Å². The number of nitrogens with zero attached hydrogens (tertiary/aromatic N) is 1. The minimum atomic E-state index is -1.98. The fourth-order valence-corrected chi connectivity index (χ4v) is 8.28. The molecule has 4 aliphatic rings. The van der Waals surface area contributed by atoms with Gasteiger partial charge in [0.15, 0.2) is 0 Å². The molecule has 6 nitrogen and oxygen atoms in total. The topological polar surface area (TPSA) is 87.1 Å². The van der Waals surface area contributed by atoms with Crippen molar-refractivity contribution in [3.8, 4) is 0 Å². The van der Waals surface area contributed by atoms with Gasteiger partial charge in [-0.2, -0.15) is 0 Å². The molecule has 2 aliphatic carbocycles. The molecule has 5 atom stereocenters. The van der Waals surface area contributed by atoms with E-state index in [0.717, 1.165) is 35.8 Å². The Bertz CT molecular complexity index is 1490. The van der Waals surface area contributed by atoms with Crippen LogP contribution in [-0.4, -0.2) is 33.7 Å². The number of fused-ring (bicyclic) bond motifs is 3. The van der Waals surface area contributed by atoms with Crippen molar-refractivity contribution in [3.63, 3.8) is 0 Å². The number of carbonyl (C=O) groups excluding carboxylic acids is 2. The van der Waals surface area contributed by atoms with Crippen molar-refractivity contribution in [1.82, 2.24) is 0 Å². The van der Waals surface area contributed by atoms with E-state index in [0.29, 0.717) is 35.2 Å². The van der Waals surface area contributed by atoms with Crippen LogP contribution in [0.1, 0.15) is 82.0 Å². The van der Waals surface area contributed by atoms with Crippen LogP contribution in [0.4, 0.5) is 5.69 Å². The van der Waals surface area contributed by atoms with Crippen LogP contribution < -0.4 is 4.90 Å². The minimum Gasteiger partial charge on any atom is -0.386 e. The van der Waals surface area contributed by atoms with E-state index in [9.17, 15) is 19.8 Å². The monoisotopic (exact) mass is 509 g/mol. The van der Waals surface area contributed by atoms with E-state index in [1.165, 1.54) is 0 Å². The molecule has 3 aromatic carbocycles. The van der Waals surface area contributed by atoms with Gasteiger partial charge in [0.05, 0.1) is 6.10 Å². The lowest BCUT2D eigenvalue weighted by Crippen LogP contribution is -2.62. The van der Waals surface area contributed by atoms with Crippen LogP contribution >= 0.6 is 0 Å². The predicted molar refractivity (Wildman–Crippen MR) is 142 cm³/mol. The van der Waals surface area contributed by atoms with E-state index in [1.807, 2.05) is 68.4 Å². The number of aliphatic hydroxyl groups excluding tert-OH is 1. The molecule has 2 aliphatic heterocycles. The summed E-state index contributed by atoms with van der Waals surface area (Å²) in [7, 11) is 0. The largest absolute Gasteiger partial charge is 0.386 e. The number of aliphatic hydroxyl groups is 2. The lowest BCUT2D eigenvalue weighted by atomic mass is 9.67. The molecule has 6 heteroatoms. The second kappa shape index (κ2) is 7.85. The Morgan fingerprint density at radius 2 is 1.61 bits per heavy atom. The Hall–Kier alpha value is -3.32. The number of carbonyl (C=O) groups is 2. The first-order valence-corrected chi connectivity index (χ1v) is 13.4. The highest BCUT2D eigenvalue weighted by Gasteiger charge is 2.87. The second-order valence-corrected chi connectivity index (χ2v) is 11.5. The number of hydrogen-bond acceptors (Lipinski definition) is 5. The van der Waals surface area contributed by atoms with Crippen molar-refractivity contribution in [2.24, 2.45) is 5.41 Å². The molecule has 38 heavy (non-hydrogen) atoms. The highest BCUT2D eigenvalue weighted by atomic mass is 16.6. The molecule has 0 aromatic heterocycles. The van der Waals surface area contributed by atoms with Crippen LogP contribution in [0.15, 0.2) is 66.7 Å². The highest BCUT2D eigenvalue weighted by Crippen LogP contribution is 2.76. The van der Waals surface area contributed by atoms with Crippen LogP contribution in [-0.2, 0) is 9.53 Å². The summed E-state index contributed by atoms with van der Waals surface area (Å²) < 4.78 is 6.78. The third-order valence-electron chi connectivity index (χ3n) is 9.77. The molecule has 7 rings (SSSR count). The Kier molecular flexibility index (Phi) is 4.91. The van der Waals surface area contributed by atoms with Crippen molar-refractivity contribution in [2.75, 3.05) is 4.90 Å². The summed E-state index contributed by atoms with van der Waals surface area (Å²) in [6.45, 7) is 3.97. The molecular weight excluding hydrogens is 478 g/mol. The molecule has 0 bridgehead atoms. The zero-order chi connectivity index (χ0) is 26.4. The molecule has 3 aromatic rings. The summed E-state index contributed by atoms with van der Waals surface area (Å²) in [6, 6.07) is 20.8. The Balaban J connectivity index is 1.58. The lowest BCUT2D eigenvalue weighted by Gasteiger charge is -2.45. The van der Waals surface area contributed by atoms with Gasteiger partial charge in [0.2, 0.25) is 11.7 Å². The zero-order valence-electron chi connectivity index (χ0n) is 21.6. The van der Waals surface area contributed by atoms with Gasteiger partial charge in [0.1, 0.15) is 23.3 Å². The summed E-state index contributed by atoms with van der Waals surface area (Å²) in [5, 5.41) is 25.3. The van der Waals surface area contributed by atoms with Gasteiger partial charge in [-0.1, -0.05) is 79.1 Å². The molecule has 2 N–H and O–H groups in total. The van der Waals surface area contributed by atoms with Crippen molar-refractivity contribution < 1.29 is 24.5 Å². The third kappa shape index (κ3) is 2.54. The smallest absolute Gasteiger partial charge is 0.239 e. The molecule has 2 heterocycles. The summed E-state index contributed by atoms with van der Waals surface area (Å²) in [5.74, 6) is -2.76. The maximum atomic E-state index is 14.7. The Morgan fingerprint density at radius 1 is 0.947 bits per heavy atom. The number of aryl methyl sites for hydroxylation is 2. The first-order chi connectivity index (χ1) is 18.3. The molecule has 0 unspecified atom stereocenters. The molecular formula is C32H31NO5. The van der Waals surface area contributed by atoms with Gasteiger partial charge >= 0.3 is 0 Å². The van der Waals surface area contributed by atoms with Crippen LogP contribution in [0.2, 0.25) is 0 Å². The van der Waals surface area contributed by atoms with E-state index < -0.39 is 34.9 Å². The van der Waals surface area contributed by atoms with Gasteiger partial charge in [-0.15, -0.1) is 0 Å². The number of ether oxygens (including phenoxy) is 1. The molecule has 2 saturated heterocycles. The van der Waals surface area contributed by atoms with Crippen LogP contribution in [0.5, 0.6) is 0 Å². The van der Waals surface area contributed by atoms with Crippen LogP contribution in [0, 0.1) is 19.3 Å². The van der Waals surface area contributed by atoms with E-state index in [2.05, 4.69) is 0 Å². The zero-order valence-corrected chi connectivity index (χ0v) is 21.6. The first-order valence-electron chi connectivity index (χ1n) is 13.4. The number of rotatable bonds is 3. The van der Waals surface area contributed by atoms with Crippen LogP contribution in [0.3, 0.4) is 0 Å². The molecule has 0 radical (unpaired) electrons. The van der Waals surface area contributed by atoms with Crippen molar-refractivity contribution in [1.29, 1.82) is 0 Å². The molecule has 2 spiro atoms. The molecule has 1 amide bonds. The maximum Gasteiger partial charge on any atom is 0.239 e. The number of benzene rings is 3. The summed E-state index contributed by atoms with van der Waals surface area (Å²) in [6.07, 6.45) is 1.41. The van der Waals surface area contributed by atoms with Gasteiger partial charge in [0, 0.05) is 17.2 Å². The number of aldehydes is 1. The quantitative estimate of drug-likeness (QED) is 0.483. The SMILES string of the molecule is Cc1ccc(N2C(=O)C3(CCCC3)[C@@]3(O)O[C@H](c4ccccc4C=O)[C@@H]4c5ccccc5[C@H](O)[C@]423)c(C)c1. The third-order valence-corrected chi connectivity index (χ3v) is 9.77. The van der Waals surface area contributed by atoms with Crippen molar-refractivity contribution >= 4 is 17.9 Å². The molecule has 3 fully saturated rings. The van der Waals surface area contributed by atoms with E-state index in [4.69, 9.17) is 4.74 Å². The molecule has 1 saturated carbocycles. The standard InChI is InChI=1S/C32H31NO5/c1-19-13-14-25(20(2)17-19)33-29(36)30(15-7-8-16-30)32(37)31(33)26(23-11-5-6-12-24(23)28(31)35)27(38-32)22-10-4-3-9-21(22)18-34/h3-6,9-14,17-18,26-28,35,37H,7-8,15-16H2,1-2H3/t26-,27+,28-,31-,32+/m0/s1. The fourth-order valence-electron chi connectivity index (χ4n) is 8.28. The summed E-state index contributed by atoms with van der Waals surface area (Å²) in [4.78, 5) is 28.5. The molecule has 194 valence electrons. The van der Waals surface area contributed by atoms with Gasteiger partial charge in [-0.3, -0.25) is 14.5 Å². The lowest BCUT2D eigenvalue weighted by molar-refractivity contribution is -0.273. The number of anilines is 1. The van der Waals surface area contributed by atoms with Crippen molar-refractivity contribution in [2.45, 2.75) is 69.0 Å². The number of hydrogen-bond donors (Lipinski definition) is 2. The average Bonchev–Trinajstić information content (AvgIpc) is 3.62. The van der Waals surface area contributed by atoms with Gasteiger partial charge in [0.25, 0.3) is 0 Å². The van der Waals surface area contributed by atoms with E-state index >= 15 is 0 Å². The number of amides is 1. The highest BCUT2D eigenvalue weighted by molar-refractivity contribution is 6.05. The van der Waals surface area contributed by atoms with Crippen LogP contribution in [0.25, 0.3) is 0 Å². The van der Waals surface area contributed by atoms with Gasteiger partial charge in [-0.25, -0.2) is 0 Å². The normalized spacial score (nSPS) is 32.5. The average molecular weight is 510 g/mol. The van der Waals surface area contributed by atoms with E-state index in [-0.39, 0.29) is 5.91 Å². The maximum absolute atomic E-state index is 14.7.